The molecule has 0 saturated heterocycles. The van der Waals surface area contributed by atoms with Crippen molar-refractivity contribution in [1.29, 1.82) is 0 Å². The maximum absolute atomic E-state index is 12.3. The Hall–Kier alpha value is -2.57. The number of benzene rings is 1. The highest BCUT2D eigenvalue weighted by atomic mass is 16.4. The quantitative estimate of drug-likeness (QED) is 0.800. The minimum Gasteiger partial charge on any atom is -0.481 e. The number of carboxylic acids is 1. The van der Waals surface area contributed by atoms with Crippen LogP contribution in [-0.2, 0) is 23.2 Å². The molecule has 0 atom stereocenters. The number of rotatable bonds is 7. The molecule has 2 rings (SSSR count). The summed E-state index contributed by atoms with van der Waals surface area (Å²) in [5.41, 5.74) is 0.175. The Morgan fingerprint density at radius 2 is 1.75 bits per heavy atom. The van der Waals surface area contributed by atoms with E-state index in [1.165, 1.54) is 9.13 Å². The van der Waals surface area contributed by atoms with E-state index in [-0.39, 0.29) is 24.7 Å². The van der Waals surface area contributed by atoms with Crippen LogP contribution < -0.4 is 11.0 Å². The van der Waals surface area contributed by atoms with Gasteiger partial charge in [-0.3, -0.25) is 18.7 Å². The van der Waals surface area contributed by atoms with Crippen LogP contribution in [0.25, 0.3) is 11.0 Å². The zero-order valence-corrected chi connectivity index (χ0v) is 14.2. The van der Waals surface area contributed by atoms with Gasteiger partial charge in [-0.25, -0.2) is 4.79 Å². The molecule has 2 N–H and O–H groups in total. The molecule has 7 heteroatoms. The third-order valence-corrected chi connectivity index (χ3v) is 4.78. The van der Waals surface area contributed by atoms with E-state index in [2.05, 4.69) is 5.32 Å². The van der Waals surface area contributed by atoms with E-state index in [4.69, 9.17) is 0 Å². The van der Waals surface area contributed by atoms with Gasteiger partial charge in [-0.15, -0.1) is 0 Å². The van der Waals surface area contributed by atoms with Gasteiger partial charge >= 0.3 is 11.7 Å². The van der Waals surface area contributed by atoms with Crippen LogP contribution in [0.2, 0.25) is 0 Å². The minimum absolute atomic E-state index is 0.0493. The normalized spacial score (nSPS) is 11.6. The van der Waals surface area contributed by atoms with Crippen LogP contribution in [0.3, 0.4) is 0 Å². The average Bonchev–Trinajstić information content (AvgIpc) is 2.81. The predicted molar refractivity (Wildman–Crippen MR) is 90.8 cm³/mol. The molecule has 2 aromatic rings. The maximum Gasteiger partial charge on any atom is 0.329 e. The van der Waals surface area contributed by atoms with E-state index in [1.807, 2.05) is 12.1 Å². The fourth-order valence-electron chi connectivity index (χ4n) is 2.86. The average molecular weight is 333 g/mol. The molecule has 1 aromatic carbocycles. The second kappa shape index (κ2) is 6.90. The van der Waals surface area contributed by atoms with Crippen LogP contribution >= 0.6 is 0 Å². The standard InChI is InChI=1S/C17H23N3O4/c1-4-17(5-2,15(22)23)11-18-14(21)10-20-13-9-7-6-8-12(13)19(3)16(20)24/h6-9H,4-5,10-11H2,1-3H3,(H,18,21)(H,22,23). The number of hydrogen-bond acceptors (Lipinski definition) is 3. The molecule has 0 spiro atoms. The Morgan fingerprint density at radius 3 is 2.29 bits per heavy atom. The number of carbonyl (C=O) groups is 2. The number of aromatic nitrogens is 2. The molecule has 1 heterocycles. The summed E-state index contributed by atoms with van der Waals surface area (Å²) in [6.45, 7) is 3.49. The van der Waals surface area contributed by atoms with Gasteiger partial charge in [0.1, 0.15) is 6.54 Å². The van der Waals surface area contributed by atoms with Crippen molar-refractivity contribution in [3.63, 3.8) is 0 Å². The Kier molecular flexibility index (Phi) is 5.11. The Balaban J connectivity index is 2.18. The van der Waals surface area contributed by atoms with E-state index in [0.717, 1.165) is 5.52 Å². The zero-order valence-electron chi connectivity index (χ0n) is 14.2. The predicted octanol–water partition coefficient (Wildman–Crippen LogP) is 1.35. The molecule has 1 amide bonds. The van der Waals surface area contributed by atoms with Gasteiger partial charge in [-0.1, -0.05) is 26.0 Å². The number of nitrogens with zero attached hydrogens (tertiary/aromatic N) is 2. The van der Waals surface area contributed by atoms with E-state index in [1.54, 1.807) is 33.0 Å². The van der Waals surface area contributed by atoms with E-state index < -0.39 is 11.4 Å². The number of nitrogens with one attached hydrogen (secondary N) is 1. The van der Waals surface area contributed by atoms with Crippen molar-refractivity contribution in [3.8, 4) is 0 Å². The van der Waals surface area contributed by atoms with Crippen molar-refractivity contribution in [2.24, 2.45) is 12.5 Å². The Bertz CT molecular complexity index is 815. The molecule has 0 saturated carbocycles. The van der Waals surface area contributed by atoms with Crippen LogP contribution in [-0.4, -0.2) is 32.7 Å². The third kappa shape index (κ3) is 3.06. The van der Waals surface area contributed by atoms with Crippen LogP contribution in [0.4, 0.5) is 0 Å². The summed E-state index contributed by atoms with van der Waals surface area (Å²) in [5, 5.41) is 12.1. The first-order valence-corrected chi connectivity index (χ1v) is 8.00. The fraction of sp³-hybridized carbons (Fsp3) is 0.471. The number of carbonyl (C=O) groups excluding carboxylic acids is 1. The summed E-state index contributed by atoms with van der Waals surface area (Å²) in [6.07, 6.45) is 0.848. The second-order valence-corrected chi connectivity index (χ2v) is 5.99. The second-order valence-electron chi connectivity index (χ2n) is 5.99. The third-order valence-electron chi connectivity index (χ3n) is 4.78. The molecule has 0 aliphatic heterocycles. The maximum atomic E-state index is 12.3. The van der Waals surface area contributed by atoms with Crippen molar-refractivity contribution in [2.75, 3.05) is 6.54 Å². The number of amides is 1. The monoisotopic (exact) mass is 333 g/mol. The Labute approximate surface area is 139 Å². The van der Waals surface area contributed by atoms with Gasteiger partial charge in [-0.2, -0.15) is 0 Å². The van der Waals surface area contributed by atoms with E-state index in [0.29, 0.717) is 18.4 Å². The Morgan fingerprint density at radius 1 is 1.17 bits per heavy atom. The zero-order chi connectivity index (χ0) is 17.9. The molecule has 1 aromatic heterocycles. The summed E-state index contributed by atoms with van der Waals surface area (Å²) < 4.78 is 2.88. The highest BCUT2D eigenvalue weighted by Gasteiger charge is 2.35. The highest BCUT2D eigenvalue weighted by Crippen LogP contribution is 2.25. The molecule has 0 aliphatic carbocycles. The summed E-state index contributed by atoms with van der Waals surface area (Å²) >= 11 is 0. The molecule has 7 nitrogen and oxygen atoms in total. The van der Waals surface area contributed by atoms with Gasteiger partial charge in [-0.05, 0) is 25.0 Å². The number of imidazole rings is 1. The largest absolute Gasteiger partial charge is 0.481 e. The van der Waals surface area contributed by atoms with Crippen molar-refractivity contribution < 1.29 is 14.7 Å². The summed E-state index contributed by atoms with van der Waals surface area (Å²) in [7, 11) is 1.66. The fourth-order valence-corrected chi connectivity index (χ4v) is 2.86. The molecule has 130 valence electrons. The number of para-hydroxylation sites is 2. The molecule has 0 aliphatic rings. The van der Waals surface area contributed by atoms with Crippen molar-refractivity contribution in [1.82, 2.24) is 14.5 Å². The summed E-state index contributed by atoms with van der Waals surface area (Å²) in [5.74, 6) is -1.30. The van der Waals surface area contributed by atoms with Gasteiger partial charge in [0.2, 0.25) is 5.91 Å². The SMILES string of the molecule is CCC(CC)(CNC(=O)Cn1c(=O)n(C)c2ccccc21)C(=O)O. The van der Waals surface area contributed by atoms with Crippen LogP contribution in [0.1, 0.15) is 26.7 Å². The first kappa shape index (κ1) is 17.8. The first-order valence-electron chi connectivity index (χ1n) is 8.00. The lowest BCUT2D eigenvalue weighted by atomic mass is 9.82. The lowest BCUT2D eigenvalue weighted by molar-refractivity contribution is -0.149. The van der Waals surface area contributed by atoms with E-state index >= 15 is 0 Å². The van der Waals surface area contributed by atoms with Gasteiger partial charge < -0.3 is 10.4 Å². The minimum atomic E-state index is -0.973. The molecule has 0 radical (unpaired) electrons. The summed E-state index contributed by atoms with van der Waals surface area (Å²) in [6, 6.07) is 7.23. The number of aryl methyl sites for hydroxylation is 1. The van der Waals surface area contributed by atoms with Crippen LogP contribution in [0.5, 0.6) is 0 Å². The van der Waals surface area contributed by atoms with Crippen LogP contribution in [0.15, 0.2) is 29.1 Å². The number of aliphatic carboxylic acids is 1. The summed E-state index contributed by atoms with van der Waals surface area (Å²) in [4.78, 5) is 36.0. The van der Waals surface area contributed by atoms with Gasteiger partial charge in [0.25, 0.3) is 0 Å². The van der Waals surface area contributed by atoms with Gasteiger partial charge in [0.15, 0.2) is 0 Å². The van der Waals surface area contributed by atoms with Crippen LogP contribution in [0, 0.1) is 5.41 Å². The molecular weight excluding hydrogens is 310 g/mol. The molecule has 0 unspecified atom stereocenters. The van der Waals surface area contributed by atoms with E-state index in [9.17, 15) is 19.5 Å². The smallest absolute Gasteiger partial charge is 0.329 e. The number of fused-ring (bicyclic) bond motifs is 1. The van der Waals surface area contributed by atoms with Crippen molar-refractivity contribution >= 4 is 22.9 Å². The lowest BCUT2D eigenvalue weighted by Crippen LogP contribution is -2.44. The first-order chi connectivity index (χ1) is 11.4. The van der Waals surface area contributed by atoms with Gasteiger partial charge in [0, 0.05) is 13.6 Å². The molecular formula is C17H23N3O4. The molecule has 0 fully saturated rings. The van der Waals surface area contributed by atoms with Gasteiger partial charge in [0.05, 0.1) is 16.4 Å². The molecule has 0 bridgehead atoms. The number of carboxylic acid groups (broad SMARTS) is 1. The molecule has 24 heavy (non-hydrogen) atoms. The number of hydrogen-bond donors (Lipinski definition) is 2. The van der Waals surface area contributed by atoms with Crippen molar-refractivity contribution in [2.45, 2.75) is 33.2 Å². The topological polar surface area (TPSA) is 93.3 Å². The highest BCUT2D eigenvalue weighted by molar-refractivity contribution is 5.82. The lowest BCUT2D eigenvalue weighted by Gasteiger charge is -2.26. The van der Waals surface area contributed by atoms with Crippen molar-refractivity contribution in [3.05, 3.63) is 34.7 Å².